The Hall–Kier alpha value is -2.24. The molecule has 24 heavy (non-hydrogen) atoms. The molecule has 120 valence electrons. The summed E-state index contributed by atoms with van der Waals surface area (Å²) in [7, 11) is 0. The number of thiophene rings is 2. The van der Waals surface area contributed by atoms with Crippen molar-refractivity contribution in [3.8, 4) is 11.1 Å². The van der Waals surface area contributed by atoms with Gasteiger partial charge in [0, 0.05) is 15.3 Å². The summed E-state index contributed by atoms with van der Waals surface area (Å²) >= 11 is 3.24. The number of aromatic nitrogens is 2. The van der Waals surface area contributed by atoms with Crippen molar-refractivity contribution in [2.45, 2.75) is 20.4 Å². The molecule has 0 N–H and O–H groups in total. The molecule has 0 aliphatic carbocycles. The van der Waals surface area contributed by atoms with Crippen LogP contribution in [0.3, 0.4) is 0 Å². The quantitative estimate of drug-likeness (QED) is 0.528. The third-order valence-corrected chi connectivity index (χ3v) is 5.98. The van der Waals surface area contributed by atoms with Crippen molar-refractivity contribution in [2.24, 2.45) is 0 Å². The van der Waals surface area contributed by atoms with Gasteiger partial charge in [-0.2, -0.15) is 0 Å². The van der Waals surface area contributed by atoms with Crippen LogP contribution in [0.2, 0.25) is 0 Å². The summed E-state index contributed by atoms with van der Waals surface area (Å²) in [6.45, 7) is 4.70. The molecule has 4 aromatic rings. The van der Waals surface area contributed by atoms with E-state index in [1.165, 1.54) is 5.56 Å². The molecule has 0 spiro atoms. The van der Waals surface area contributed by atoms with E-state index in [-0.39, 0.29) is 5.56 Å². The zero-order valence-electron chi connectivity index (χ0n) is 13.4. The summed E-state index contributed by atoms with van der Waals surface area (Å²) in [5.41, 5.74) is 3.35. The van der Waals surface area contributed by atoms with E-state index in [9.17, 15) is 4.79 Å². The largest absolute Gasteiger partial charge is 0.293 e. The Morgan fingerprint density at radius 1 is 1.12 bits per heavy atom. The van der Waals surface area contributed by atoms with Gasteiger partial charge in [-0.1, -0.05) is 35.9 Å². The van der Waals surface area contributed by atoms with Crippen molar-refractivity contribution in [3.63, 3.8) is 0 Å². The molecule has 0 fully saturated rings. The average Bonchev–Trinajstić information content (AvgIpc) is 3.19. The normalized spacial score (nSPS) is 11.2. The Labute approximate surface area is 147 Å². The predicted molar refractivity (Wildman–Crippen MR) is 102 cm³/mol. The summed E-state index contributed by atoms with van der Waals surface area (Å²) in [4.78, 5) is 20.7. The fourth-order valence-electron chi connectivity index (χ4n) is 2.89. The smallest absolute Gasteiger partial charge is 0.263 e. The number of rotatable bonds is 3. The van der Waals surface area contributed by atoms with Gasteiger partial charge in [-0.25, -0.2) is 4.98 Å². The van der Waals surface area contributed by atoms with E-state index >= 15 is 0 Å². The van der Waals surface area contributed by atoms with E-state index in [2.05, 4.69) is 43.1 Å². The number of aryl methyl sites for hydroxylation is 2. The molecule has 0 amide bonds. The van der Waals surface area contributed by atoms with Gasteiger partial charge in [-0.05, 0) is 30.9 Å². The average molecular weight is 352 g/mol. The van der Waals surface area contributed by atoms with Crippen LogP contribution in [-0.4, -0.2) is 9.55 Å². The lowest BCUT2D eigenvalue weighted by Gasteiger charge is -2.06. The zero-order valence-corrected chi connectivity index (χ0v) is 15.1. The van der Waals surface area contributed by atoms with E-state index in [1.54, 1.807) is 33.6 Å². The Morgan fingerprint density at radius 2 is 1.92 bits per heavy atom. The standard InChI is InChI=1S/C19H16N2OS2/c1-12-5-7-14(8-6-12)16-13(2)24-18-17(16)19(22)21(11-20-18)10-15-4-3-9-23-15/h3-9,11H,10H2,1-2H3. The summed E-state index contributed by atoms with van der Waals surface area (Å²) in [6.07, 6.45) is 1.67. The second kappa shape index (κ2) is 6.00. The first kappa shape index (κ1) is 15.3. The highest BCUT2D eigenvalue weighted by molar-refractivity contribution is 7.19. The molecule has 5 heteroatoms. The topological polar surface area (TPSA) is 34.9 Å². The molecule has 3 heterocycles. The highest BCUT2D eigenvalue weighted by Gasteiger charge is 2.17. The van der Waals surface area contributed by atoms with Crippen molar-refractivity contribution in [1.82, 2.24) is 9.55 Å². The summed E-state index contributed by atoms with van der Waals surface area (Å²) in [6, 6.07) is 12.4. The van der Waals surface area contributed by atoms with Crippen LogP contribution < -0.4 is 5.56 Å². The maximum Gasteiger partial charge on any atom is 0.263 e. The van der Waals surface area contributed by atoms with Crippen LogP contribution in [0.15, 0.2) is 52.9 Å². The molecule has 3 nitrogen and oxygen atoms in total. The molecule has 1 aromatic carbocycles. The molecule has 3 aromatic heterocycles. The third-order valence-electron chi connectivity index (χ3n) is 4.10. The molecule has 0 aliphatic heterocycles. The van der Waals surface area contributed by atoms with Crippen molar-refractivity contribution in [2.75, 3.05) is 0 Å². The fraction of sp³-hybridized carbons (Fsp3) is 0.158. The van der Waals surface area contributed by atoms with Crippen LogP contribution in [0.25, 0.3) is 21.3 Å². The van der Waals surface area contributed by atoms with Crippen LogP contribution in [0, 0.1) is 13.8 Å². The molecular weight excluding hydrogens is 336 g/mol. The molecule has 0 atom stereocenters. The van der Waals surface area contributed by atoms with Gasteiger partial charge in [0.15, 0.2) is 0 Å². The van der Waals surface area contributed by atoms with Crippen LogP contribution in [0.4, 0.5) is 0 Å². The second-order valence-electron chi connectivity index (χ2n) is 5.84. The Morgan fingerprint density at radius 3 is 2.62 bits per heavy atom. The van der Waals surface area contributed by atoms with E-state index in [1.807, 2.05) is 17.5 Å². The van der Waals surface area contributed by atoms with Gasteiger partial charge in [0.1, 0.15) is 4.83 Å². The van der Waals surface area contributed by atoms with Crippen molar-refractivity contribution < 1.29 is 0 Å². The third kappa shape index (κ3) is 2.60. The number of nitrogens with zero attached hydrogens (tertiary/aromatic N) is 2. The molecule has 0 saturated carbocycles. The highest BCUT2D eigenvalue weighted by Crippen LogP contribution is 2.35. The number of fused-ring (bicyclic) bond motifs is 1. The predicted octanol–water partition coefficient (Wildman–Crippen LogP) is 4.85. The van der Waals surface area contributed by atoms with Gasteiger partial charge in [0.05, 0.1) is 18.3 Å². The molecule has 0 radical (unpaired) electrons. The van der Waals surface area contributed by atoms with E-state index in [4.69, 9.17) is 0 Å². The van der Waals surface area contributed by atoms with Gasteiger partial charge in [0.25, 0.3) is 5.56 Å². The molecular formula is C19H16N2OS2. The van der Waals surface area contributed by atoms with Gasteiger partial charge < -0.3 is 0 Å². The van der Waals surface area contributed by atoms with Crippen molar-refractivity contribution in [1.29, 1.82) is 0 Å². The lowest BCUT2D eigenvalue weighted by Crippen LogP contribution is -2.20. The maximum atomic E-state index is 13.1. The van der Waals surface area contributed by atoms with Crippen LogP contribution >= 0.6 is 22.7 Å². The highest BCUT2D eigenvalue weighted by atomic mass is 32.1. The Kier molecular flexibility index (Phi) is 3.82. The second-order valence-corrected chi connectivity index (χ2v) is 8.07. The first-order valence-electron chi connectivity index (χ1n) is 7.71. The number of hydrogen-bond donors (Lipinski definition) is 0. The molecule has 0 unspecified atom stereocenters. The summed E-state index contributed by atoms with van der Waals surface area (Å²) in [5.74, 6) is 0. The minimum atomic E-state index is 0.0355. The Bertz CT molecular complexity index is 1060. The zero-order chi connectivity index (χ0) is 16.7. The van der Waals surface area contributed by atoms with Gasteiger partial charge in [-0.3, -0.25) is 9.36 Å². The first-order chi connectivity index (χ1) is 11.6. The minimum absolute atomic E-state index is 0.0355. The number of hydrogen-bond acceptors (Lipinski definition) is 4. The fourth-order valence-corrected chi connectivity index (χ4v) is 4.59. The van der Waals surface area contributed by atoms with Gasteiger partial charge in [-0.15, -0.1) is 22.7 Å². The maximum absolute atomic E-state index is 13.1. The van der Waals surface area contributed by atoms with Crippen LogP contribution in [-0.2, 0) is 6.54 Å². The molecule has 0 saturated heterocycles. The molecule has 4 rings (SSSR count). The summed E-state index contributed by atoms with van der Waals surface area (Å²) in [5, 5.41) is 2.76. The van der Waals surface area contributed by atoms with E-state index < -0.39 is 0 Å². The number of benzene rings is 1. The summed E-state index contributed by atoms with van der Waals surface area (Å²) < 4.78 is 1.71. The van der Waals surface area contributed by atoms with Gasteiger partial charge in [0.2, 0.25) is 0 Å². The van der Waals surface area contributed by atoms with Crippen LogP contribution in [0.1, 0.15) is 15.3 Å². The Balaban J connectivity index is 1.92. The van der Waals surface area contributed by atoms with E-state index in [0.717, 1.165) is 31.1 Å². The minimum Gasteiger partial charge on any atom is -0.293 e. The van der Waals surface area contributed by atoms with Crippen molar-refractivity contribution in [3.05, 3.63) is 73.8 Å². The molecule has 0 bridgehead atoms. The monoisotopic (exact) mass is 352 g/mol. The van der Waals surface area contributed by atoms with E-state index in [0.29, 0.717) is 6.54 Å². The first-order valence-corrected chi connectivity index (χ1v) is 9.41. The lowest BCUT2D eigenvalue weighted by atomic mass is 10.0. The molecule has 0 aliphatic rings. The van der Waals surface area contributed by atoms with Crippen LogP contribution in [0.5, 0.6) is 0 Å². The lowest BCUT2D eigenvalue weighted by molar-refractivity contribution is 0.759. The SMILES string of the molecule is Cc1ccc(-c2c(C)sc3ncn(Cc4cccs4)c(=O)c23)cc1. The van der Waals surface area contributed by atoms with Gasteiger partial charge >= 0.3 is 0 Å². The van der Waals surface area contributed by atoms with Crippen molar-refractivity contribution >= 4 is 32.9 Å².